The first-order chi connectivity index (χ1) is 9.20. The van der Waals surface area contributed by atoms with Gasteiger partial charge in [0.2, 0.25) is 0 Å². The number of hydrogen-bond donors (Lipinski definition) is 1. The summed E-state index contributed by atoms with van der Waals surface area (Å²) in [5.74, 6) is 1.09. The second-order valence-electron chi connectivity index (χ2n) is 4.20. The predicted molar refractivity (Wildman–Crippen MR) is 76.5 cm³/mol. The monoisotopic (exact) mass is 326 g/mol. The van der Waals surface area contributed by atoms with Gasteiger partial charge in [-0.25, -0.2) is 9.37 Å². The fraction of sp³-hybridized carbons (Fsp3) is 0.357. The van der Waals surface area contributed by atoms with Crippen molar-refractivity contribution >= 4 is 15.9 Å². The molecule has 5 heteroatoms. The molecule has 0 saturated heterocycles. The van der Waals surface area contributed by atoms with Gasteiger partial charge in [-0.1, -0.05) is 6.92 Å². The van der Waals surface area contributed by atoms with Crippen LogP contribution in [0.4, 0.5) is 4.39 Å². The van der Waals surface area contributed by atoms with Crippen LogP contribution in [0, 0.1) is 5.82 Å². The van der Waals surface area contributed by atoms with Gasteiger partial charge in [0.25, 0.3) is 0 Å². The Morgan fingerprint density at radius 1 is 1.42 bits per heavy atom. The smallest absolute Gasteiger partial charge is 0.194 e. The molecular formula is C14H16BrFN2O. The summed E-state index contributed by atoms with van der Waals surface area (Å²) in [5.41, 5.74) is 0.812. The number of aromatic nitrogens is 1. The third-order valence-electron chi connectivity index (χ3n) is 2.74. The minimum absolute atomic E-state index is 0.277. The molecule has 2 aromatic rings. The first kappa shape index (κ1) is 14.2. The molecule has 0 radical (unpaired) electrons. The molecule has 0 aliphatic rings. The van der Waals surface area contributed by atoms with Crippen LogP contribution >= 0.6 is 15.9 Å². The summed E-state index contributed by atoms with van der Waals surface area (Å²) in [5, 5.41) is 3.25. The molecule has 0 fully saturated rings. The van der Waals surface area contributed by atoms with Crippen molar-refractivity contribution in [2.75, 3.05) is 13.1 Å². The molecule has 1 heterocycles. The average Bonchev–Trinajstić information content (AvgIpc) is 2.83. The number of aryl methyl sites for hydroxylation is 1. The molecular weight excluding hydrogens is 311 g/mol. The summed E-state index contributed by atoms with van der Waals surface area (Å²) in [6, 6.07) is 4.51. The van der Waals surface area contributed by atoms with Crippen LogP contribution in [0.1, 0.15) is 19.2 Å². The van der Waals surface area contributed by atoms with Crippen LogP contribution in [-0.4, -0.2) is 18.1 Å². The molecule has 0 saturated carbocycles. The number of hydrogen-bond acceptors (Lipinski definition) is 3. The quantitative estimate of drug-likeness (QED) is 0.821. The summed E-state index contributed by atoms with van der Waals surface area (Å²) < 4.78 is 19.4. The highest BCUT2D eigenvalue weighted by Crippen LogP contribution is 2.29. The van der Waals surface area contributed by atoms with Gasteiger partial charge in [0, 0.05) is 16.5 Å². The van der Waals surface area contributed by atoms with Crippen molar-refractivity contribution < 1.29 is 8.81 Å². The van der Waals surface area contributed by atoms with E-state index >= 15 is 0 Å². The maximum Gasteiger partial charge on any atom is 0.194 e. The van der Waals surface area contributed by atoms with Gasteiger partial charge < -0.3 is 9.73 Å². The normalized spacial score (nSPS) is 10.9. The number of benzene rings is 1. The summed E-state index contributed by atoms with van der Waals surface area (Å²) in [7, 11) is 0. The van der Waals surface area contributed by atoms with Crippen molar-refractivity contribution in [3.63, 3.8) is 0 Å². The lowest BCUT2D eigenvalue weighted by Crippen LogP contribution is -2.14. The molecule has 1 aromatic carbocycles. The Bertz CT molecular complexity index is 542. The average molecular weight is 327 g/mol. The van der Waals surface area contributed by atoms with Gasteiger partial charge >= 0.3 is 0 Å². The van der Waals surface area contributed by atoms with Crippen LogP contribution in [-0.2, 0) is 6.42 Å². The zero-order valence-electron chi connectivity index (χ0n) is 10.7. The molecule has 0 bridgehead atoms. The van der Waals surface area contributed by atoms with Crippen LogP contribution < -0.4 is 5.32 Å². The van der Waals surface area contributed by atoms with Crippen LogP contribution in [0.15, 0.2) is 33.3 Å². The van der Waals surface area contributed by atoms with E-state index in [1.807, 2.05) is 0 Å². The molecule has 0 aliphatic heterocycles. The van der Waals surface area contributed by atoms with E-state index in [0.717, 1.165) is 31.5 Å². The third kappa shape index (κ3) is 3.88. The maximum absolute atomic E-state index is 13.0. The van der Waals surface area contributed by atoms with E-state index in [0.29, 0.717) is 16.1 Å². The van der Waals surface area contributed by atoms with E-state index < -0.39 is 0 Å². The fourth-order valence-corrected chi connectivity index (χ4v) is 2.33. The Hall–Kier alpha value is -1.20. The molecule has 0 spiro atoms. The summed E-state index contributed by atoms with van der Waals surface area (Å²) >= 11 is 3.33. The molecule has 19 heavy (non-hydrogen) atoms. The topological polar surface area (TPSA) is 38.1 Å². The predicted octanol–water partition coefficient (Wildman–Crippen LogP) is 3.79. The molecule has 102 valence electrons. The lowest BCUT2D eigenvalue weighted by Gasteiger charge is -2.01. The van der Waals surface area contributed by atoms with E-state index in [2.05, 4.69) is 33.2 Å². The molecule has 1 aromatic heterocycles. The van der Waals surface area contributed by atoms with Gasteiger partial charge in [0.1, 0.15) is 5.82 Å². The summed E-state index contributed by atoms with van der Waals surface area (Å²) in [4.78, 5) is 4.24. The number of halogens is 2. The molecule has 2 rings (SSSR count). The Morgan fingerprint density at radius 2 is 2.26 bits per heavy atom. The fourth-order valence-electron chi connectivity index (χ4n) is 1.78. The third-order valence-corrected chi connectivity index (χ3v) is 3.40. The van der Waals surface area contributed by atoms with E-state index in [-0.39, 0.29) is 5.82 Å². The van der Waals surface area contributed by atoms with Gasteiger partial charge in [-0.3, -0.25) is 0 Å². The highest BCUT2D eigenvalue weighted by atomic mass is 79.9. The number of rotatable bonds is 6. The molecule has 0 amide bonds. The molecule has 0 aliphatic carbocycles. The Kier molecular flexibility index (Phi) is 5.10. The molecule has 1 N–H and O–H groups in total. The molecule has 3 nitrogen and oxygen atoms in total. The summed E-state index contributed by atoms with van der Waals surface area (Å²) in [6.07, 6.45) is 3.46. The first-order valence-electron chi connectivity index (χ1n) is 6.31. The lowest BCUT2D eigenvalue weighted by atomic mass is 10.2. The number of nitrogens with zero attached hydrogens (tertiary/aromatic N) is 1. The van der Waals surface area contributed by atoms with Crippen LogP contribution in [0.25, 0.3) is 11.3 Å². The van der Waals surface area contributed by atoms with Crippen LogP contribution in [0.5, 0.6) is 0 Å². The van der Waals surface area contributed by atoms with E-state index in [9.17, 15) is 4.39 Å². The minimum atomic E-state index is -0.277. The van der Waals surface area contributed by atoms with Gasteiger partial charge in [-0.05, 0) is 53.6 Å². The number of nitrogens with one attached hydrogen (secondary N) is 1. The van der Waals surface area contributed by atoms with E-state index in [4.69, 9.17) is 4.42 Å². The van der Waals surface area contributed by atoms with Crippen LogP contribution in [0.2, 0.25) is 0 Å². The van der Waals surface area contributed by atoms with Crippen molar-refractivity contribution in [3.8, 4) is 11.3 Å². The number of oxazole rings is 1. The van der Waals surface area contributed by atoms with Crippen molar-refractivity contribution in [3.05, 3.63) is 40.6 Å². The molecule has 0 unspecified atom stereocenters. The van der Waals surface area contributed by atoms with Crippen molar-refractivity contribution in [1.29, 1.82) is 0 Å². The Balaban J connectivity index is 2.04. The summed E-state index contributed by atoms with van der Waals surface area (Å²) in [6.45, 7) is 4.00. The second-order valence-corrected chi connectivity index (χ2v) is 5.05. The van der Waals surface area contributed by atoms with E-state index in [1.165, 1.54) is 12.1 Å². The first-order valence-corrected chi connectivity index (χ1v) is 7.11. The van der Waals surface area contributed by atoms with Crippen molar-refractivity contribution in [1.82, 2.24) is 10.3 Å². The SMILES string of the molecule is CCNCCCc1ncc(-c2ccc(F)cc2Br)o1. The van der Waals surface area contributed by atoms with Gasteiger partial charge in [-0.15, -0.1) is 0 Å². The van der Waals surface area contributed by atoms with E-state index in [1.54, 1.807) is 12.3 Å². The lowest BCUT2D eigenvalue weighted by molar-refractivity contribution is 0.493. The zero-order valence-corrected chi connectivity index (χ0v) is 12.3. The van der Waals surface area contributed by atoms with Gasteiger partial charge in [-0.2, -0.15) is 0 Å². The second kappa shape index (κ2) is 6.82. The van der Waals surface area contributed by atoms with Crippen molar-refractivity contribution in [2.45, 2.75) is 19.8 Å². The van der Waals surface area contributed by atoms with Crippen LogP contribution in [0.3, 0.4) is 0 Å². The largest absolute Gasteiger partial charge is 0.441 e. The zero-order chi connectivity index (χ0) is 13.7. The standard InChI is InChI=1S/C14H16BrFN2O/c1-2-17-7-3-4-14-18-9-13(19-14)11-6-5-10(16)8-12(11)15/h5-6,8-9,17H,2-4,7H2,1H3. The minimum Gasteiger partial charge on any atom is -0.441 e. The highest BCUT2D eigenvalue weighted by molar-refractivity contribution is 9.10. The van der Waals surface area contributed by atoms with Gasteiger partial charge in [0.05, 0.1) is 6.20 Å². The highest BCUT2D eigenvalue weighted by Gasteiger charge is 2.10. The molecule has 0 atom stereocenters. The maximum atomic E-state index is 13.0. The Labute approximate surface area is 120 Å². The van der Waals surface area contributed by atoms with Crippen molar-refractivity contribution in [2.24, 2.45) is 0 Å². The van der Waals surface area contributed by atoms with Gasteiger partial charge in [0.15, 0.2) is 11.7 Å². The Morgan fingerprint density at radius 3 is 3.00 bits per heavy atom.